The molecule has 1 N–H and O–H groups in total. The molecular weight excluding hydrogens is 378 g/mol. The van der Waals surface area contributed by atoms with Gasteiger partial charge in [-0.3, -0.25) is 9.59 Å². The molecule has 8 heteroatoms. The van der Waals surface area contributed by atoms with E-state index in [4.69, 9.17) is 0 Å². The number of hydrogen-bond donors (Lipinski definition) is 1. The minimum Gasteiger partial charge on any atom is -0.352 e. The summed E-state index contributed by atoms with van der Waals surface area (Å²) >= 11 is 0. The number of aryl methyl sites for hydroxylation is 1. The van der Waals surface area contributed by atoms with Gasteiger partial charge in [-0.2, -0.15) is 0 Å². The molecule has 156 valence electrons. The first kappa shape index (κ1) is 22.4. The third-order valence-corrected chi connectivity index (χ3v) is 7.16. The molecule has 1 aliphatic heterocycles. The van der Waals surface area contributed by atoms with E-state index in [0.29, 0.717) is 5.56 Å². The summed E-state index contributed by atoms with van der Waals surface area (Å²) in [7, 11) is -0.718. The van der Waals surface area contributed by atoms with Gasteiger partial charge < -0.3 is 10.2 Å². The van der Waals surface area contributed by atoms with Crippen LogP contribution in [0.4, 0.5) is 0 Å². The summed E-state index contributed by atoms with van der Waals surface area (Å²) in [5, 5.41) is 2.74. The standard InChI is InChI=1S/C20H31N3O4S/c1-15-13-17(14-18(16(15)2)28(26,27)22(3)4)20(25)21-10-9-19(24)23-11-7-5-6-8-12-23/h13-14H,5-12H2,1-4H3,(H,21,25). The number of carbonyl (C=O) groups is 2. The molecule has 1 aromatic carbocycles. The van der Waals surface area contributed by atoms with Crippen LogP contribution in [-0.2, 0) is 14.8 Å². The lowest BCUT2D eigenvalue weighted by Crippen LogP contribution is -2.35. The number of carbonyl (C=O) groups excluding carboxylic acids is 2. The van der Waals surface area contributed by atoms with Gasteiger partial charge in [0, 0.05) is 45.7 Å². The Labute approximate surface area is 168 Å². The summed E-state index contributed by atoms with van der Waals surface area (Å²) in [6.07, 6.45) is 4.63. The van der Waals surface area contributed by atoms with Crippen LogP contribution in [0.5, 0.6) is 0 Å². The lowest BCUT2D eigenvalue weighted by molar-refractivity contribution is -0.131. The van der Waals surface area contributed by atoms with E-state index in [1.807, 2.05) is 4.90 Å². The van der Waals surface area contributed by atoms with Crippen LogP contribution in [0.2, 0.25) is 0 Å². The molecule has 1 aliphatic rings. The summed E-state index contributed by atoms with van der Waals surface area (Å²) < 4.78 is 26.2. The number of benzene rings is 1. The Hall–Kier alpha value is -1.93. The molecule has 1 saturated heterocycles. The van der Waals surface area contributed by atoms with Gasteiger partial charge in [0.25, 0.3) is 5.91 Å². The van der Waals surface area contributed by atoms with Crippen LogP contribution in [0.15, 0.2) is 17.0 Å². The van der Waals surface area contributed by atoms with Gasteiger partial charge in [-0.15, -0.1) is 0 Å². The topological polar surface area (TPSA) is 86.8 Å². The van der Waals surface area contributed by atoms with Crippen molar-refractivity contribution in [2.45, 2.75) is 50.8 Å². The molecule has 0 aliphatic carbocycles. The van der Waals surface area contributed by atoms with E-state index < -0.39 is 10.0 Å². The molecule has 2 rings (SSSR count). The smallest absolute Gasteiger partial charge is 0.251 e. The summed E-state index contributed by atoms with van der Waals surface area (Å²) in [5.74, 6) is -0.319. The minimum atomic E-state index is -3.65. The Morgan fingerprint density at radius 3 is 2.25 bits per heavy atom. The van der Waals surface area contributed by atoms with E-state index in [9.17, 15) is 18.0 Å². The van der Waals surface area contributed by atoms with Gasteiger partial charge in [0.2, 0.25) is 15.9 Å². The van der Waals surface area contributed by atoms with Gasteiger partial charge in [0.15, 0.2) is 0 Å². The number of rotatable bonds is 6. The summed E-state index contributed by atoms with van der Waals surface area (Å²) in [4.78, 5) is 26.8. The van der Waals surface area contributed by atoms with Crippen molar-refractivity contribution >= 4 is 21.8 Å². The molecule has 0 unspecified atom stereocenters. The molecular formula is C20H31N3O4S. The highest BCUT2D eigenvalue weighted by atomic mass is 32.2. The lowest BCUT2D eigenvalue weighted by Gasteiger charge is -2.20. The zero-order chi connectivity index (χ0) is 20.9. The molecule has 0 bridgehead atoms. The van der Waals surface area contributed by atoms with Gasteiger partial charge in [-0.25, -0.2) is 12.7 Å². The SMILES string of the molecule is Cc1cc(C(=O)NCCC(=O)N2CCCCCC2)cc(S(=O)(=O)N(C)C)c1C. The molecule has 2 amide bonds. The Balaban J connectivity index is 2.04. The zero-order valence-electron chi connectivity index (χ0n) is 17.2. The lowest BCUT2D eigenvalue weighted by atomic mass is 10.1. The second-order valence-electron chi connectivity index (χ2n) is 7.50. The Bertz CT molecular complexity index is 826. The Morgan fingerprint density at radius 1 is 1.07 bits per heavy atom. The van der Waals surface area contributed by atoms with Crippen molar-refractivity contribution in [1.29, 1.82) is 0 Å². The fraction of sp³-hybridized carbons (Fsp3) is 0.600. The van der Waals surface area contributed by atoms with Gasteiger partial charge in [0.05, 0.1) is 4.90 Å². The first-order valence-electron chi connectivity index (χ1n) is 9.74. The van der Waals surface area contributed by atoms with E-state index in [0.717, 1.165) is 48.6 Å². The monoisotopic (exact) mass is 409 g/mol. The minimum absolute atomic E-state index is 0.0539. The molecule has 0 saturated carbocycles. The highest BCUT2D eigenvalue weighted by Crippen LogP contribution is 2.23. The number of nitrogens with one attached hydrogen (secondary N) is 1. The third-order valence-electron chi connectivity index (χ3n) is 5.22. The number of sulfonamides is 1. The van der Waals surface area contributed by atoms with Crippen LogP contribution in [0.25, 0.3) is 0 Å². The number of nitrogens with zero attached hydrogens (tertiary/aromatic N) is 2. The number of likely N-dealkylation sites (tertiary alicyclic amines) is 1. The quantitative estimate of drug-likeness (QED) is 0.779. The summed E-state index contributed by atoms with van der Waals surface area (Å²) in [5.41, 5.74) is 1.64. The fourth-order valence-electron chi connectivity index (χ4n) is 3.29. The van der Waals surface area contributed by atoms with Gasteiger partial charge in [-0.05, 0) is 49.9 Å². The predicted octanol–water partition coefficient (Wildman–Crippen LogP) is 2.08. The Kier molecular flexibility index (Phi) is 7.60. The van der Waals surface area contributed by atoms with E-state index >= 15 is 0 Å². The molecule has 28 heavy (non-hydrogen) atoms. The second kappa shape index (κ2) is 9.52. The van der Waals surface area contributed by atoms with Crippen molar-refractivity contribution in [3.8, 4) is 0 Å². The van der Waals surface area contributed by atoms with E-state index in [2.05, 4.69) is 5.32 Å². The van der Waals surface area contributed by atoms with E-state index in [-0.39, 0.29) is 35.2 Å². The summed E-state index contributed by atoms with van der Waals surface area (Å²) in [6.45, 7) is 5.32. The molecule has 1 fully saturated rings. The average Bonchev–Trinajstić information content (AvgIpc) is 2.92. The largest absolute Gasteiger partial charge is 0.352 e. The molecule has 0 atom stereocenters. The van der Waals surface area contributed by atoms with Crippen LogP contribution in [0.3, 0.4) is 0 Å². The number of amides is 2. The molecule has 0 aromatic heterocycles. The molecule has 0 spiro atoms. The normalized spacial score (nSPS) is 15.4. The third kappa shape index (κ3) is 5.32. The van der Waals surface area contributed by atoms with Crippen molar-refractivity contribution in [3.05, 3.63) is 28.8 Å². The van der Waals surface area contributed by atoms with E-state index in [1.54, 1.807) is 19.9 Å². The van der Waals surface area contributed by atoms with Crippen molar-refractivity contribution < 1.29 is 18.0 Å². The van der Waals surface area contributed by atoms with Gasteiger partial charge in [-0.1, -0.05) is 12.8 Å². The summed E-state index contributed by atoms with van der Waals surface area (Å²) in [6, 6.07) is 3.08. The van der Waals surface area contributed by atoms with Crippen LogP contribution in [0, 0.1) is 13.8 Å². The fourth-order valence-corrected chi connectivity index (χ4v) is 4.50. The van der Waals surface area contributed by atoms with Crippen molar-refractivity contribution in [1.82, 2.24) is 14.5 Å². The first-order valence-corrected chi connectivity index (χ1v) is 11.2. The van der Waals surface area contributed by atoms with Crippen LogP contribution < -0.4 is 5.32 Å². The van der Waals surface area contributed by atoms with Gasteiger partial charge in [0.1, 0.15) is 0 Å². The molecule has 1 heterocycles. The predicted molar refractivity (Wildman–Crippen MR) is 109 cm³/mol. The second-order valence-corrected chi connectivity index (χ2v) is 9.62. The van der Waals surface area contributed by atoms with Crippen molar-refractivity contribution in [2.75, 3.05) is 33.7 Å². The number of hydrogen-bond acceptors (Lipinski definition) is 4. The molecule has 0 radical (unpaired) electrons. The first-order chi connectivity index (χ1) is 13.1. The van der Waals surface area contributed by atoms with Crippen LogP contribution in [0.1, 0.15) is 53.6 Å². The Morgan fingerprint density at radius 2 is 1.68 bits per heavy atom. The molecule has 7 nitrogen and oxygen atoms in total. The van der Waals surface area contributed by atoms with Gasteiger partial charge >= 0.3 is 0 Å². The van der Waals surface area contributed by atoms with E-state index in [1.165, 1.54) is 20.2 Å². The maximum Gasteiger partial charge on any atom is 0.251 e. The van der Waals surface area contributed by atoms with Crippen LogP contribution >= 0.6 is 0 Å². The van der Waals surface area contributed by atoms with Crippen molar-refractivity contribution in [2.24, 2.45) is 0 Å². The zero-order valence-corrected chi connectivity index (χ0v) is 18.1. The average molecular weight is 410 g/mol. The maximum absolute atomic E-state index is 12.5. The maximum atomic E-state index is 12.5. The van der Waals surface area contributed by atoms with Crippen molar-refractivity contribution in [3.63, 3.8) is 0 Å². The molecule has 1 aromatic rings. The highest BCUT2D eigenvalue weighted by molar-refractivity contribution is 7.89. The van der Waals surface area contributed by atoms with Crippen LogP contribution in [-0.4, -0.2) is 63.2 Å². The highest BCUT2D eigenvalue weighted by Gasteiger charge is 2.23.